The van der Waals surface area contributed by atoms with Crippen LogP contribution in [0.1, 0.15) is 24.4 Å². The van der Waals surface area contributed by atoms with Crippen LogP contribution in [0.3, 0.4) is 0 Å². The van der Waals surface area contributed by atoms with E-state index in [0.717, 1.165) is 6.04 Å². The van der Waals surface area contributed by atoms with Crippen molar-refractivity contribution in [3.8, 4) is 0 Å². The van der Waals surface area contributed by atoms with Crippen LogP contribution in [0.25, 0.3) is 0 Å². The molecule has 2 saturated heterocycles. The summed E-state index contributed by atoms with van der Waals surface area (Å²) < 4.78 is 0. The molecule has 1 aromatic heterocycles. The summed E-state index contributed by atoms with van der Waals surface area (Å²) >= 11 is 1.82. The number of nitrogens with one attached hydrogen (secondary N) is 1. The van der Waals surface area contributed by atoms with Crippen molar-refractivity contribution in [2.75, 3.05) is 19.6 Å². The van der Waals surface area contributed by atoms with Gasteiger partial charge in [-0.05, 0) is 41.8 Å². The van der Waals surface area contributed by atoms with Crippen LogP contribution in [0.5, 0.6) is 0 Å². The number of hydrogen-bond donors (Lipinski definition) is 1. The maximum atomic E-state index is 3.36. The lowest BCUT2D eigenvalue weighted by atomic mass is 10.0. The van der Waals surface area contributed by atoms with Crippen LogP contribution < -0.4 is 5.32 Å². The number of thiophene rings is 1. The Kier molecular flexibility index (Phi) is 3.67. The lowest BCUT2D eigenvalue weighted by molar-refractivity contribution is 0.132. The Balaban J connectivity index is 0.000000853. The van der Waals surface area contributed by atoms with Crippen molar-refractivity contribution < 1.29 is 0 Å². The average molecular weight is 245 g/mol. The summed E-state index contributed by atoms with van der Waals surface area (Å²) in [7, 11) is 0. The largest absolute Gasteiger partial charge is 0.314 e. The van der Waals surface area contributed by atoms with Gasteiger partial charge in [0.05, 0.1) is 0 Å². The van der Waals surface area contributed by atoms with E-state index in [4.69, 9.17) is 0 Å². The van der Waals surface area contributed by atoms with E-state index < -0.39 is 0 Å². The zero-order valence-electron chi connectivity index (χ0n) is 8.69. The van der Waals surface area contributed by atoms with Gasteiger partial charge in [0, 0.05) is 25.2 Å². The lowest BCUT2D eigenvalue weighted by Crippen LogP contribution is -2.56. The SMILES string of the molecule is Cl.c1cc(C2CCCN2C2CNC2)cs1. The second-order valence-electron chi connectivity index (χ2n) is 4.26. The predicted molar refractivity (Wildman–Crippen MR) is 66.9 cm³/mol. The molecule has 1 aromatic rings. The van der Waals surface area contributed by atoms with Gasteiger partial charge in [0.1, 0.15) is 0 Å². The Morgan fingerprint density at radius 1 is 1.40 bits per heavy atom. The fourth-order valence-corrected chi connectivity index (χ4v) is 3.26. The molecule has 4 heteroatoms. The van der Waals surface area contributed by atoms with Crippen LogP contribution in [0.2, 0.25) is 0 Å². The van der Waals surface area contributed by atoms with Crippen molar-refractivity contribution in [1.29, 1.82) is 0 Å². The van der Waals surface area contributed by atoms with Gasteiger partial charge >= 0.3 is 0 Å². The van der Waals surface area contributed by atoms with Crippen LogP contribution in [0.4, 0.5) is 0 Å². The van der Waals surface area contributed by atoms with Crippen LogP contribution in [-0.2, 0) is 0 Å². The fourth-order valence-electron chi connectivity index (χ4n) is 2.56. The zero-order valence-corrected chi connectivity index (χ0v) is 10.3. The summed E-state index contributed by atoms with van der Waals surface area (Å²) in [6.45, 7) is 3.69. The molecule has 84 valence electrons. The van der Waals surface area contributed by atoms with Crippen LogP contribution in [0, 0.1) is 0 Å². The van der Waals surface area contributed by atoms with Crippen molar-refractivity contribution in [1.82, 2.24) is 10.2 Å². The molecule has 0 aliphatic carbocycles. The van der Waals surface area contributed by atoms with E-state index in [9.17, 15) is 0 Å². The molecule has 0 spiro atoms. The number of halogens is 1. The molecule has 2 fully saturated rings. The summed E-state index contributed by atoms with van der Waals surface area (Å²) in [5.41, 5.74) is 1.54. The maximum Gasteiger partial charge on any atom is 0.0360 e. The Morgan fingerprint density at radius 2 is 2.27 bits per heavy atom. The number of rotatable bonds is 2. The van der Waals surface area contributed by atoms with E-state index in [1.807, 2.05) is 11.3 Å². The molecular formula is C11H17ClN2S. The van der Waals surface area contributed by atoms with Gasteiger partial charge in [-0.15, -0.1) is 12.4 Å². The minimum absolute atomic E-state index is 0. The molecule has 0 radical (unpaired) electrons. The Labute approximate surface area is 101 Å². The Morgan fingerprint density at radius 3 is 2.87 bits per heavy atom. The highest BCUT2D eigenvalue weighted by atomic mass is 35.5. The van der Waals surface area contributed by atoms with Gasteiger partial charge in [0.15, 0.2) is 0 Å². The van der Waals surface area contributed by atoms with Crippen LogP contribution in [-0.4, -0.2) is 30.6 Å². The molecule has 0 bridgehead atoms. The summed E-state index contributed by atoms with van der Waals surface area (Å²) in [6, 6.07) is 3.82. The quantitative estimate of drug-likeness (QED) is 0.859. The number of likely N-dealkylation sites (tertiary alicyclic amines) is 1. The highest BCUT2D eigenvalue weighted by molar-refractivity contribution is 7.07. The normalized spacial score (nSPS) is 27.3. The molecule has 2 nitrogen and oxygen atoms in total. The first-order chi connectivity index (χ1) is 6.95. The molecular weight excluding hydrogens is 228 g/mol. The second kappa shape index (κ2) is 4.83. The van der Waals surface area contributed by atoms with Crippen LogP contribution >= 0.6 is 23.7 Å². The summed E-state index contributed by atoms with van der Waals surface area (Å²) in [6.07, 6.45) is 2.73. The van der Waals surface area contributed by atoms with E-state index in [1.165, 1.54) is 32.5 Å². The molecule has 15 heavy (non-hydrogen) atoms. The highest BCUT2D eigenvalue weighted by Crippen LogP contribution is 2.35. The van der Waals surface area contributed by atoms with Gasteiger partial charge in [0.2, 0.25) is 0 Å². The van der Waals surface area contributed by atoms with Gasteiger partial charge in [-0.25, -0.2) is 0 Å². The van der Waals surface area contributed by atoms with E-state index in [-0.39, 0.29) is 12.4 Å². The van der Waals surface area contributed by atoms with Crippen LogP contribution in [0.15, 0.2) is 16.8 Å². The first-order valence-electron chi connectivity index (χ1n) is 5.44. The molecule has 2 aliphatic rings. The molecule has 0 amide bonds. The van der Waals surface area contributed by atoms with E-state index in [0.29, 0.717) is 6.04 Å². The molecule has 2 aliphatic heterocycles. The summed E-state index contributed by atoms with van der Waals surface area (Å²) in [5, 5.41) is 7.88. The van der Waals surface area contributed by atoms with Gasteiger partial charge in [-0.2, -0.15) is 11.3 Å². The summed E-state index contributed by atoms with van der Waals surface area (Å²) in [4.78, 5) is 2.69. The highest BCUT2D eigenvalue weighted by Gasteiger charge is 2.34. The number of nitrogens with zero attached hydrogens (tertiary/aromatic N) is 1. The molecule has 1 atom stereocenters. The third-order valence-corrected chi connectivity index (χ3v) is 4.15. The second-order valence-corrected chi connectivity index (χ2v) is 5.04. The molecule has 3 rings (SSSR count). The van der Waals surface area contributed by atoms with Crippen molar-refractivity contribution in [2.45, 2.75) is 24.9 Å². The fraction of sp³-hybridized carbons (Fsp3) is 0.636. The first-order valence-corrected chi connectivity index (χ1v) is 6.38. The standard InChI is InChI=1S/C11H16N2S.ClH/c1-2-11(9-3-5-14-8-9)13(4-1)10-6-12-7-10;/h3,5,8,10-12H,1-2,4,6-7H2;1H. The minimum Gasteiger partial charge on any atom is -0.314 e. The Hall–Kier alpha value is -0.0900. The molecule has 0 aromatic carbocycles. The summed E-state index contributed by atoms with van der Waals surface area (Å²) in [5.74, 6) is 0. The van der Waals surface area contributed by atoms with Crippen molar-refractivity contribution in [3.63, 3.8) is 0 Å². The van der Waals surface area contributed by atoms with Gasteiger partial charge in [-0.3, -0.25) is 4.90 Å². The van der Waals surface area contributed by atoms with E-state index in [1.54, 1.807) is 5.56 Å². The lowest BCUT2D eigenvalue weighted by Gasteiger charge is -2.39. The minimum atomic E-state index is 0. The molecule has 3 heterocycles. The number of hydrogen-bond acceptors (Lipinski definition) is 3. The third kappa shape index (κ3) is 2.07. The van der Waals surface area contributed by atoms with Gasteiger partial charge in [-0.1, -0.05) is 0 Å². The topological polar surface area (TPSA) is 15.3 Å². The van der Waals surface area contributed by atoms with Crippen molar-refractivity contribution in [2.24, 2.45) is 0 Å². The van der Waals surface area contributed by atoms with Gasteiger partial charge in [0.25, 0.3) is 0 Å². The first kappa shape index (κ1) is 11.4. The van der Waals surface area contributed by atoms with Gasteiger partial charge < -0.3 is 5.32 Å². The molecule has 1 N–H and O–H groups in total. The van der Waals surface area contributed by atoms with Crippen molar-refractivity contribution >= 4 is 23.7 Å². The third-order valence-electron chi connectivity index (χ3n) is 3.45. The molecule has 0 saturated carbocycles. The Bertz CT molecular complexity index is 298. The zero-order chi connectivity index (χ0) is 9.38. The predicted octanol–water partition coefficient (Wildman–Crippen LogP) is 2.28. The maximum absolute atomic E-state index is 3.36. The molecule has 1 unspecified atom stereocenters. The van der Waals surface area contributed by atoms with E-state index >= 15 is 0 Å². The smallest absolute Gasteiger partial charge is 0.0360 e. The van der Waals surface area contributed by atoms with E-state index in [2.05, 4.69) is 27.0 Å². The monoisotopic (exact) mass is 244 g/mol. The average Bonchev–Trinajstić information content (AvgIpc) is 2.66. The van der Waals surface area contributed by atoms with Crippen molar-refractivity contribution in [3.05, 3.63) is 22.4 Å².